The molecule has 0 aromatic heterocycles. The average Bonchev–Trinajstić information content (AvgIpc) is 2.08. The highest BCUT2D eigenvalue weighted by atomic mass is 80.0. The van der Waals surface area contributed by atoms with Gasteiger partial charge in [-0.05, 0) is 12.8 Å². The molecule has 0 aliphatic heterocycles. The van der Waals surface area contributed by atoms with Crippen molar-refractivity contribution in [1.82, 2.24) is 0 Å². The molecular weight excluding hydrogens is 274 g/mol. The van der Waals surface area contributed by atoms with Crippen molar-refractivity contribution >= 4 is 0 Å². The van der Waals surface area contributed by atoms with E-state index < -0.39 is 14.8 Å². The predicted molar refractivity (Wildman–Crippen MR) is 56.3 cm³/mol. The largest absolute Gasteiger partial charge is 0.405 e. The minimum Gasteiger partial charge on any atom is -0.405 e. The third kappa shape index (κ3) is 29.2. The van der Waals surface area contributed by atoms with Crippen molar-refractivity contribution in [1.29, 1.82) is 0 Å². The van der Waals surface area contributed by atoms with Crippen LogP contribution in [0.25, 0.3) is 0 Å². The number of nitrogens with zero attached hydrogens (tertiary/aromatic N) is 1. The van der Waals surface area contributed by atoms with Crippen LogP contribution < -0.4 is 12.6 Å². The molecule has 0 heterocycles. The van der Waals surface area contributed by atoms with E-state index in [0.717, 1.165) is 4.48 Å². The summed E-state index contributed by atoms with van der Waals surface area (Å²) in [5.41, 5.74) is 0. The van der Waals surface area contributed by atoms with E-state index in [4.69, 9.17) is 12.6 Å². The molecule has 0 aromatic carbocycles. The first-order valence-electron chi connectivity index (χ1n) is 5.83. The van der Waals surface area contributed by atoms with Crippen molar-refractivity contribution in [3.05, 3.63) is 0 Å². The van der Waals surface area contributed by atoms with E-state index in [1.54, 1.807) is 0 Å². The maximum Gasteiger partial charge on any atom is 0.216 e. The summed E-state index contributed by atoms with van der Waals surface area (Å²) < 4.78 is 26.7. The molecule has 0 saturated carbocycles. The second kappa shape index (κ2) is 11.8. The SMILES string of the molecule is CCCCCCCC[N+](C)(C)C.[O-][Br+2]([O-])[O-]. The maximum absolute atomic E-state index is 8.52. The molecule has 0 bridgehead atoms. The quantitative estimate of drug-likeness (QED) is 0.469. The third-order valence-corrected chi connectivity index (χ3v) is 2.18. The Hall–Kier alpha value is 0.320. The molecule has 0 N–H and O–H groups in total. The summed E-state index contributed by atoms with van der Waals surface area (Å²) in [6.07, 6.45) is 8.48. The van der Waals surface area contributed by atoms with Gasteiger partial charge in [0.25, 0.3) is 0 Å². The lowest BCUT2D eigenvalue weighted by molar-refractivity contribution is -1.73. The summed E-state index contributed by atoms with van der Waals surface area (Å²) in [5, 5.41) is 0. The summed E-state index contributed by atoms with van der Waals surface area (Å²) >= 11 is -3.65. The number of quaternary nitrogens is 1. The molecule has 0 saturated heterocycles. The van der Waals surface area contributed by atoms with Gasteiger partial charge < -0.3 is 17.1 Å². The lowest BCUT2D eigenvalue weighted by Gasteiger charge is -2.23. The van der Waals surface area contributed by atoms with Crippen molar-refractivity contribution in [2.24, 2.45) is 0 Å². The molecule has 0 aromatic rings. The maximum atomic E-state index is 8.52. The normalized spacial score (nSPS) is 11.2. The van der Waals surface area contributed by atoms with Crippen LogP contribution in [-0.2, 0) is 0 Å². The van der Waals surface area contributed by atoms with Crippen LogP contribution in [0.2, 0.25) is 0 Å². The molecule has 0 fully saturated rings. The molecule has 4 nitrogen and oxygen atoms in total. The second-order valence-electron chi connectivity index (χ2n) is 4.97. The average molecular weight is 300 g/mol. The Labute approximate surface area is 105 Å². The van der Waals surface area contributed by atoms with E-state index in [0.29, 0.717) is 0 Å². The summed E-state index contributed by atoms with van der Waals surface area (Å²) in [6.45, 7) is 3.60. The molecule has 16 heavy (non-hydrogen) atoms. The topological polar surface area (TPSA) is 69.2 Å². The van der Waals surface area contributed by atoms with Gasteiger partial charge in [-0.1, -0.05) is 32.6 Å². The Morgan fingerprint density at radius 2 is 1.19 bits per heavy atom. The van der Waals surface area contributed by atoms with Gasteiger partial charge in [-0.3, -0.25) is 0 Å². The molecule has 0 radical (unpaired) electrons. The highest BCUT2D eigenvalue weighted by Crippen LogP contribution is 2.06. The fraction of sp³-hybridized carbons (Fsp3) is 1.00. The Balaban J connectivity index is 0. The second-order valence-corrected chi connectivity index (χ2v) is 5.76. The predicted octanol–water partition coefficient (Wildman–Crippen LogP) is -0.514. The third-order valence-electron chi connectivity index (χ3n) is 2.18. The Kier molecular flexibility index (Phi) is 13.8. The Morgan fingerprint density at radius 1 is 0.812 bits per heavy atom. The van der Waals surface area contributed by atoms with Crippen LogP contribution >= 0.6 is 0 Å². The molecule has 0 spiro atoms. The van der Waals surface area contributed by atoms with E-state index in [1.165, 1.54) is 45.1 Å². The van der Waals surface area contributed by atoms with Gasteiger partial charge in [-0.15, -0.1) is 0 Å². The summed E-state index contributed by atoms with van der Waals surface area (Å²) in [4.78, 5) is 0. The molecule has 5 heteroatoms. The van der Waals surface area contributed by atoms with Crippen LogP contribution in [0.3, 0.4) is 0 Å². The van der Waals surface area contributed by atoms with Gasteiger partial charge >= 0.3 is 0 Å². The first-order valence-corrected chi connectivity index (χ1v) is 7.77. The van der Waals surface area contributed by atoms with Gasteiger partial charge in [-0.2, -0.15) is 0 Å². The van der Waals surface area contributed by atoms with Crippen molar-refractivity contribution in [2.45, 2.75) is 45.4 Å². The molecule has 0 atom stereocenters. The van der Waals surface area contributed by atoms with Gasteiger partial charge in [0.05, 0.1) is 27.7 Å². The molecule has 0 unspecified atom stereocenters. The van der Waals surface area contributed by atoms with E-state index in [9.17, 15) is 0 Å². The zero-order valence-corrected chi connectivity index (χ0v) is 12.6. The lowest BCUT2D eigenvalue weighted by atomic mass is 10.1. The number of hydrogen-bond donors (Lipinski definition) is 0. The van der Waals surface area contributed by atoms with E-state index >= 15 is 0 Å². The van der Waals surface area contributed by atoms with Crippen molar-refractivity contribution in [2.75, 3.05) is 27.7 Å². The van der Waals surface area contributed by atoms with Crippen LogP contribution in [0.15, 0.2) is 0 Å². The number of halogens is 1. The fourth-order valence-electron chi connectivity index (χ4n) is 1.37. The summed E-state index contributed by atoms with van der Waals surface area (Å²) in [7, 11) is 6.81. The highest BCUT2D eigenvalue weighted by molar-refractivity contribution is 4.42. The van der Waals surface area contributed by atoms with E-state index in [2.05, 4.69) is 28.1 Å². The van der Waals surface area contributed by atoms with Crippen LogP contribution in [0.4, 0.5) is 0 Å². The zero-order valence-electron chi connectivity index (χ0n) is 11.0. The summed E-state index contributed by atoms with van der Waals surface area (Å²) in [6, 6.07) is 0. The van der Waals surface area contributed by atoms with Gasteiger partial charge in [0.2, 0.25) is 14.8 Å². The molecule has 100 valence electrons. The number of rotatable bonds is 7. The van der Waals surface area contributed by atoms with Crippen LogP contribution in [-0.4, -0.2) is 32.2 Å². The number of unbranched alkanes of at least 4 members (excludes halogenated alkanes) is 5. The van der Waals surface area contributed by atoms with Crippen molar-refractivity contribution in [3.8, 4) is 0 Å². The molecule has 0 rings (SSSR count). The first-order chi connectivity index (χ1) is 7.29. The van der Waals surface area contributed by atoms with Gasteiger partial charge in [0.1, 0.15) is 0 Å². The minimum absolute atomic E-state index is 1.12. The van der Waals surface area contributed by atoms with Crippen LogP contribution in [0.5, 0.6) is 0 Å². The smallest absolute Gasteiger partial charge is 0.216 e. The minimum atomic E-state index is -3.65. The zero-order chi connectivity index (χ0) is 13.0. The first kappa shape index (κ1) is 18.7. The van der Waals surface area contributed by atoms with Gasteiger partial charge in [0.15, 0.2) is 0 Å². The monoisotopic (exact) mass is 299 g/mol. The summed E-state index contributed by atoms with van der Waals surface area (Å²) in [5.74, 6) is 0. The Morgan fingerprint density at radius 3 is 1.56 bits per heavy atom. The fourth-order valence-corrected chi connectivity index (χ4v) is 1.37. The number of hydrogen-bond acceptors (Lipinski definition) is 3. The van der Waals surface area contributed by atoms with Gasteiger partial charge in [0, 0.05) is 0 Å². The standard InChI is InChI=1S/C11H26N.BrO3/c1-5-6-7-8-9-10-11-12(2,3)4;2-1(3)4/h5-11H2,1-4H3;/q+1;-1. The Bertz CT molecular complexity index is 135. The lowest BCUT2D eigenvalue weighted by Crippen LogP contribution is -2.42. The van der Waals surface area contributed by atoms with Crippen LogP contribution in [0.1, 0.15) is 45.4 Å². The highest BCUT2D eigenvalue weighted by Gasteiger charge is 2.04. The van der Waals surface area contributed by atoms with E-state index in [1.807, 2.05) is 0 Å². The molecule has 0 amide bonds. The van der Waals surface area contributed by atoms with Gasteiger partial charge in [-0.25, -0.2) is 0 Å². The molecular formula is C11H26BrNO3. The van der Waals surface area contributed by atoms with E-state index in [-0.39, 0.29) is 0 Å². The van der Waals surface area contributed by atoms with Crippen molar-refractivity contribution in [3.63, 3.8) is 0 Å². The molecule has 0 aliphatic rings. The van der Waals surface area contributed by atoms with Crippen molar-refractivity contribution < 1.29 is 31.9 Å². The molecule has 0 aliphatic carbocycles. The van der Waals surface area contributed by atoms with Crippen LogP contribution in [0, 0.1) is 14.8 Å².